The number of hydrogen-bond acceptors (Lipinski definition) is 1. The fraction of sp³-hybridized carbons (Fsp3) is 0.889. The lowest BCUT2D eigenvalue weighted by Crippen LogP contribution is -2.35. The van der Waals surface area contributed by atoms with E-state index in [1.807, 2.05) is 0 Å². The predicted molar refractivity (Wildman–Crippen MR) is 52.1 cm³/mol. The topological polar surface area (TPSA) is 50.4 Å². The summed E-state index contributed by atoms with van der Waals surface area (Å²) in [6.07, 6.45) is 4.08. The Kier molecular flexibility index (Phi) is 3.38. The van der Waals surface area contributed by atoms with Gasteiger partial charge in [-0.1, -0.05) is 19.8 Å². The average Bonchev–Trinajstić information content (AvgIpc) is 2.47. The quantitative estimate of drug-likeness (QED) is 0.478. The maximum atomic E-state index is 5.54. The second-order valence-corrected chi connectivity index (χ2v) is 3.66. The SMILES string of the molecule is CN=C(N)NCC1CCCC1C. The van der Waals surface area contributed by atoms with E-state index in [0.29, 0.717) is 5.96 Å². The normalized spacial score (nSPS) is 30.7. The first-order valence-electron chi connectivity index (χ1n) is 4.70. The fourth-order valence-electron chi connectivity index (χ4n) is 1.84. The average molecular weight is 169 g/mol. The molecule has 0 saturated heterocycles. The molecule has 0 aromatic heterocycles. The van der Waals surface area contributed by atoms with E-state index < -0.39 is 0 Å². The van der Waals surface area contributed by atoms with E-state index in [0.717, 1.165) is 18.4 Å². The van der Waals surface area contributed by atoms with Crippen LogP contribution in [-0.2, 0) is 0 Å². The molecule has 3 nitrogen and oxygen atoms in total. The molecule has 0 bridgehead atoms. The van der Waals surface area contributed by atoms with Crippen LogP contribution in [0.25, 0.3) is 0 Å². The van der Waals surface area contributed by atoms with Gasteiger partial charge in [0.2, 0.25) is 0 Å². The molecule has 3 N–H and O–H groups in total. The molecule has 2 atom stereocenters. The summed E-state index contributed by atoms with van der Waals surface area (Å²) in [4.78, 5) is 3.86. The number of nitrogens with two attached hydrogens (primary N) is 1. The Morgan fingerprint density at radius 3 is 2.83 bits per heavy atom. The highest BCUT2D eigenvalue weighted by Gasteiger charge is 2.22. The number of hydrogen-bond donors (Lipinski definition) is 2. The Labute approximate surface area is 74.4 Å². The van der Waals surface area contributed by atoms with Gasteiger partial charge in [-0.05, 0) is 18.3 Å². The zero-order chi connectivity index (χ0) is 8.97. The van der Waals surface area contributed by atoms with Crippen LogP contribution in [0.3, 0.4) is 0 Å². The van der Waals surface area contributed by atoms with Crippen molar-refractivity contribution in [1.29, 1.82) is 0 Å². The van der Waals surface area contributed by atoms with Crippen molar-refractivity contribution in [3.8, 4) is 0 Å². The van der Waals surface area contributed by atoms with E-state index in [9.17, 15) is 0 Å². The molecular formula is C9H19N3. The highest BCUT2D eigenvalue weighted by atomic mass is 15.1. The van der Waals surface area contributed by atoms with Crippen LogP contribution in [0, 0.1) is 11.8 Å². The second kappa shape index (κ2) is 4.33. The third-order valence-corrected chi connectivity index (χ3v) is 2.83. The van der Waals surface area contributed by atoms with Gasteiger partial charge in [0.1, 0.15) is 0 Å². The van der Waals surface area contributed by atoms with E-state index in [-0.39, 0.29) is 0 Å². The largest absolute Gasteiger partial charge is 0.370 e. The predicted octanol–water partition coefficient (Wildman–Crippen LogP) is 0.957. The Hall–Kier alpha value is -0.730. The molecule has 3 heteroatoms. The minimum absolute atomic E-state index is 0.564. The van der Waals surface area contributed by atoms with Crippen molar-refractivity contribution in [2.75, 3.05) is 13.6 Å². The summed E-state index contributed by atoms with van der Waals surface area (Å²) in [7, 11) is 1.71. The van der Waals surface area contributed by atoms with E-state index in [4.69, 9.17) is 5.73 Å². The standard InChI is InChI=1S/C9H19N3/c1-7-4-3-5-8(7)6-12-9(10)11-2/h7-8H,3-6H2,1-2H3,(H3,10,11,12). The molecule has 1 saturated carbocycles. The highest BCUT2D eigenvalue weighted by Crippen LogP contribution is 2.30. The molecule has 0 radical (unpaired) electrons. The Morgan fingerprint density at radius 2 is 2.33 bits per heavy atom. The van der Waals surface area contributed by atoms with Gasteiger partial charge < -0.3 is 11.1 Å². The van der Waals surface area contributed by atoms with Crippen LogP contribution in [0.5, 0.6) is 0 Å². The molecule has 1 fully saturated rings. The highest BCUT2D eigenvalue weighted by molar-refractivity contribution is 5.77. The molecule has 1 aliphatic carbocycles. The van der Waals surface area contributed by atoms with E-state index in [1.54, 1.807) is 7.05 Å². The molecule has 0 aromatic rings. The smallest absolute Gasteiger partial charge is 0.188 e. The van der Waals surface area contributed by atoms with Gasteiger partial charge in [0.05, 0.1) is 0 Å². The van der Waals surface area contributed by atoms with E-state index >= 15 is 0 Å². The van der Waals surface area contributed by atoms with Gasteiger partial charge in [-0.25, -0.2) is 0 Å². The van der Waals surface area contributed by atoms with Gasteiger partial charge in [-0.2, -0.15) is 0 Å². The van der Waals surface area contributed by atoms with Crippen molar-refractivity contribution in [2.45, 2.75) is 26.2 Å². The monoisotopic (exact) mass is 169 g/mol. The first-order chi connectivity index (χ1) is 5.74. The summed E-state index contributed by atoms with van der Waals surface area (Å²) in [5.74, 6) is 2.21. The number of aliphatic imine (C=N–C) groups is 1. The minimum Gasteiger partial charge on any atom is -0.370 e. The molecule has 0 amide bonds. The zero-order valence-electron chi connectivity index (χ0n) is 8.01. The van der Waals surface area contributed by atoms with Crippen molar-refractivity contribution < 1.29 is 0 Å². The summed E-state index contributed by atoms with van der Waals surface area (Å²) in [5, 5.41) is 3.13. The van der Waals surface area contributed by atoms with Crippen molar-refractivity contribution in [3.05, 3.63) is 0 Å². The fourth-order valence-corrected chi connectivity index (χ4v) is 1.84. The van der Waals surface area contributed by atoms with Crippen LogP contribution in [0.4, 0.5) is 0 Å². The summed E-state index contributed by atoms with van der Waals surface area (Å²) in [6.45, 7) is 3.31. The van der Waals surface area contributed by atoms with Gasteiger partial charge in [0, 0.05) is 13.6 Å². The first-order valence-corrected chi connectivity index (χ1v) is 4.70. The first kappa shape index (κ1) is 9.36. The molecule has 1 rings (SSSR count). The zero-order valence-corrected chi connectivity index (χ0v) is 8.01. The van der Waals surface area contributed by atoms with Crippen LogP contribution >= 0.6 is 0 Å². The van der Waals surface area contributed by atoms with Crippen molar-refractivity contribution in [3.63, 3.8) is 0 Å². The summed E-state index contributed by atoms with van der Waals surface area (Å²) in [6, 6.07) is 0. The Morgan fingerprint density at radius 1 is 1.58 bits per heavy atom. The summed E-state index contributed by atoms with van der Waals surface area (Å²) >= 11 is 0. The lowest BCUT2D eigenvalue weighted by atomic mass is 9.98. The number of nitrogens with zero attached hydrogens (tertiary/aromatic N) is 1. The lowest BCUT2D eigenvalue weighted by molar-refractivity contribution is 0.414. The Balaban J connectivity index is 2.22. The van der Waals surface area contributed by atoms with Gasteiger partial charge in [-0.15, -0.1) is 0 Å². The van der Waals surface area contributed by atoms with Crippen molar-refractivity contribution in [2.24, 2.45) is 22.6 Å². The van der Waals surface area contributed by atoms with Crippen LogP contribution in [-0.4, -0.2) is 19.6 Å². The molecule has 0 aliphatic heterocycles. The van der Waals surface area contributed by atoms with Crippen LogP contribution < -0.4 is 11.1 Å². The molecule has 12 heavy (non-hydrogen) atoms. The number of nitrogens with one attached hydrogen (secondary N) is 1. The lowest BCUT2D eigenvalue weighted by Gasteiger charge is -2.15. The third kappa shape index (κ3) is 2.40. The van der Waals surface area contributed by atoms with Crippen molar-refractivity contribution in [1.82, 2.24) is 5.32 Å². The number of guanidine groups is 1. The molecule has 1 aliphatic rings. The Bertz CT molecular complexity index is 165. The van der Waals surface area contributed by atoms with Crippen LogP contribution in [0.15, 0.2) is 4.99 Å². The maximum Gasteiger partial charge on any atom is 0.188 e. The maximum absolute atomic E-state index is 5.54. The molecule has 2 unspecified atom stereocenters. The molecule has 0 spiro atoms. The molecule has 0 heterocycles. The summed E-state index contributed by atoms with van der Waals surface area (Å²) < 4.78 is 0. The summed E-state index contributed by atoms with van der Waals surface area (Å²) in [5.41, 5.74) is 5.54. The van der Waals surface area contributed by atoms with E-state index in [2.05, 4.69) is 17.2 Å². The number of rotatable bonds is 2. The van der Waals surface area contributed by atoms with Gasteiger partial charge in [0.15, 0.2) is 5.96 Å². The van der Waals surface area contributed by atoms with Crippen LogP contribution in [0.1, 0.15) is 26.2 Å². The minimum atomic E-state index is 0.564. The van der Waals surface area contributed by atoms with Gasteiger partial charge >= 0.3 is 0 Å². The second-order valence-electron chi connectivity index (χ2n) is 3.66. The van der Waals surface area contributed by atoms with Gasteiger partial charge in [-0.3, -0.25) is 4.99 Å². The van der Waals surface area contributed by atoms with E-state index in [1.165, 1.54) is 19.3 Å². The van der Waals surface area contributed by atoms with Crippen molar-refractivity contribution >= 4 is 5.96 Å². The molecular weight excluding hydrogens is 150 g/mol. The third-order valence-electron chi connectivity index (χ3n) is 2.83. The van der Waals surface area contributed by atoms with Crippen LogP contribution in [0.2, 0.25) is 0 Å². The van der Waals surface area contributed by atoms with Gasteiger partial charge in [0.25, 0.3) is 0 Å². The molecule has 70 valence electrons. The molecule has 0 aromatic carbocycles.